The Balaban J connectivity index is 1.70. The Hall–Kier alpha value is -3.10. The molecule has 9 heteroatoms. The maximum absolute atomic E-state index is 12.7. The second-order valence-corrected chi connectivity index (χ2v) is 7.13. The normalized spacial score (nSPS) is 18.6. The lowest BCUT2D eigenvalue weighted by Crippen LogP contribution is -2.40. The Morgan fingerprint density at radius 1 is 1.31 bits per heavy atom. The SMILES string of the molecule is CN1C(=O)OCc2cc(-c3cncc4c3CCC[C@H]4NC(=O)C(F)(F)F)ccc21. The predicted octanol–water partition coefficient (Wildman–Crippen LogP) is 3.89. The number of fused-ring (bicyclic) bond motifs is 2. The molecule has 2 aromatic rings. The van der Waals surface area contributed by atoms with Gasteiger partial charge in [0.05, 0.1) is 11.7 Å². The number of nitrogens with one attached hydrogen (secondary N) is 1. The number of carbonyl (C=O) groups is 2. The van der Waals surface area contributed by atoms with Gasteiger partial charge in [-0.05, 0) is 48.1 Å². The third-order valence-corrected chi connectivity index (χ3v) is 5.33. The largest absolute Gasteiger partial charge is 0.471 e. The van der Waals surface area contributed by atoms with Crippen molar-refractivity contribution in [2.24, 2.45) is 0 Å². The van der Waals surface area contributed by atoms with Crippen molar-refractivity contribution in [3.63, 3.8) is 0 Å². The molecule has 0 saturated carbocycles. The van der Waals surface area contributed by atoms with E-state index in [2.05, 4.69) is 10.3 Å². The molecule has 1 N–H and O–H groups in total. The molecule has 0 saturated heterocycles. The zero-order chi connectivity index (χ0) is 20.8. The molecular weight excluding hydrogens is 387 g/mol. The van der Waals surface area contributed by atoms with E-state index in [1.165, 1.54) is 11.1 Å². The number of rotatable bonds is 2. The molecule has 6 nitrogen and oxygen atoms in total. The van der Waals surface area contributed by atoms with Crippen molar-refractivity contribution in [2.75, 3.05) is 11.9 Å². The minimum Gasteiger partial charge on any atom is -0.444 e. The average Bonchev–Trinajstić information content (AvgIpc) is 2.69. The van der Waals surface area contributed by atoms with Gasteiger partial charge in [-0.3, -0.25) is 14.7 Å². The van der Waals surface area contributed by atoms with E-state index in [-0.39, 0.29) is 6.61 Å². The monoisotopic (exact) mass is 405 g/mol. The number of amides is 2. The summed E-state index contributed by atoms with van der Waals surface area (Å²) in [4.78, 5) is 28.7. The van der Waals surface area contributed by atoms with Gasteiger partial charge in [0.25, 0.3) is 0 Å². The van der Waals surface area contributed by atoms with E-state index >= 15 is 0 Å². The molecule has 2 heterocycles. The van der Waals surface area contributed by atoms with Crippen LogP contribution in [0.1, 0.15) is 35.6 Å². The van der Waals surface area contributed by atoms with Gasteiger partial charge in [0.1, 0.15) is 6.61 Å². The van der Waals surface area contributed by atoms with E-state index in [0.29, 0.717) is 24.8 Å². The summed E-state index contributed by atoms with van der Waals surface area (Å²) < 4.78 is 43.2. The number of alkyl halides is 3. The Morgan fingerprint density at radius 2 is 2.10 bits per heavy atom. The number of halogens is 3. The molecular formula is C20H18F3N3O3. The molecule has 1 aromatic heterocycles. The summed E-state index contributed by atoms with van der Waals surface area (Å²) in [6.07, 6.45) is -0.404. The fraction of sp³-hybridized carbons (Fsp3) is 0.350. The van der Waals surface area contributed by atoms with Crippen molar-refractivity contribution < 1.29 is 27.5 Å². The summed E-state index contributed by atoms with van der Waals surface area (Å²) in [5.74, 6) is -1.95. The van der Waals surface area contributed by atoms with Gasteiger partial charge in [-0.25, -0.2) is 4.79 Å². The summed E-state index contributed by atoms with van der Waals surface area (Å²) in [5, 5.41) is 2.09. The third kappa shape index (κ3) is 3.52. The number of hydrogen-bond acceptors (Lipinski definition) is 4. The Morgan fingerprint density at radius 3 is 2.86 bits per heavy atom. The zero-order valence-corrected chi connectivity index (χ0v) is 15.5. The highest BCUT2D eigenvalue weighted by Crippen LogP contribution is 2.38. The minimum absolute atomic E-state index is 0.152. The fourth-order valence-corrected chi connectivity index (χ4v) is 3.89. The molecule has 0 unspecified atom stereocenters. The van der Waals surface area contributed by atoms with Gasteiger partial charge in [-0.2, -0.15) is 13.2 Å². The summed E-state index contributed by atoms with van der Waals surface area (Å²) >= 11 is 0. The lowest BCUT2D eigenvalue weighted by molar-refractivity contribution is -0.174. The Bertz CT molecular complexity index is 991. The lowest BCUT2D eigenvalue weighted by atomic mass is 9.84. The number of hydrogen-bond donors (Lipinski definition) is 1. The van der Waals surface area contributed by atoms with Crippen LogP contribution in [0.4, 0.5) is 23.7 Å². The number of cyclic esters (lactones) is 1. The molecule has 29 heavy (non-hydrogen) atoms. The van der Waals surface area contributed by atoms with Crippen LogP contribution in [0.5, 0.6) is 0 Å². The van der Waals surface area contributed by atoms with Crippen molar-refractivity contribution in [3.8, 4) is 11.1 Å². The van der Waals surface area contributed by atoms with Crippen LogP contribution in [0.15, 0.2) is 30.6 Å². The van der Waals surface area contributed by atoms with Gasteiger partial charge >= 0.3 is 18.2 Å². The van der Waals surface area contributed by atoms with Gasteiger partial charge in [-0.1, -0.05) is 6.07 Å². The van der Waals surface area contributed by atoms with Crippen LogP contribution >= 0.6 is 0 Å². The van der Waals surface area contributed by atoms with E-state index < -0.39 is 24.2 Å². The molecule has 2 amide bonds. The minimum atomic E-state index is -4.93. The standard InChI is InChI=1S/C20H18F3N3O3/c1-26-17-6-5-11(7-12(17)10-29-19(26)28)14-8-24-9-15-13(14)3-2-4-16(15)25-18(27)20(21,22)23/h5-9,16H,2-4,10H2,1H3,(H,25,27)/t16-/m1/s1. The number of benzene rings is 1. The van der Waals surface area contributed by atoms with E-state index in [1.807, 2.05) is 18.2 Å². The van der Waals surface area contributed by atoms with Gasteiger partial charge in [0.15, 0.2) is 0 Å². The van der Waals surface area contributed by atoms with Gasteiger partial charge in [0.2, 0.25) is 0 Å². The quantitative estimate of drug-likeness (QED) is 0.823. The van der Waals surface area contributed by atoms with Crippen molar-refractivity contribution in [2.45, 2.75) is 38.1 Å². The molecule has 0 fully saturated rings. The van der Waals surface area contributed by atoms with Crippen LogP contribution in [0.3, 0.4) is 0 Å². The third-order valence-electron chi connectivity index (χ3n) is 5.33. The first-order chi connectivity index (χ1) is 13.8. The Kier molecular flexibility index (Phi) is 4.68. The van der Waals surface area contributed by atoms with E-state index in [0.717, 1.165) is 27.9 Å². The molecule has 0 bridgehead atoms. The smallest absolute Gasteiger partial charge is 0.444 e. The summed E-state index contributed by atoms with van der Waals surface area (Å²) in [6.45, 7) is 0.152. The first kappa shape index (κ1) is 19.2. The second kappa shape index (κ2) is 7.06. The zero-order valence-electron chi connectivity index (χ0n) is 15.5. The number of pyridine rings is 1. The van der Waals surface area contributed by atoms with Crippen molar-refractivity contribution >= 4 is 17.7 Å². The number of carbonyl (C=O) groups excluding carboxylic acids is 2. The number of nitrogens with zero attached hydrogens (tertiary/aromatic N) is 2. The second-order valence-electron chi connectivity index (χ2n) is 7.13. The Labute approximate surface area is 164 Å². The molecule has 1 atom stereocenters. The van der Waals surface area contributed by atoms with Crippen LogP contribution in [0.2, 0.25) is 0 Å². The van der Waals surface area contributed by atoms with E-state index in [1.54, 1.807) is 13.2 Å². The lowest BCUT2D eigenvalue weighted by Gasteiger charge is -2.29. The van der Waals surface area contributed by atoms with Gasteiger partial charge in [0, 0.05) is 30.6 Å². The van der Waals surface area contributed by atoms with E-state index in [4.69, 9.17) is 4.74 Å². The highest BCUT2D eigenvalue weighted by molar-refractivity contribution is 5.90. The average molecular weight is 405 g/mol. The van der Waals surface area contributed by atoms with Gasteiger partial charge < -0.3 is 10.1 Å². The van der Waals surface area contributed by atoms with Crippen LogP contribution in [0.25, 0.3) is 11.1 Å². The first-order valence-electron chi connectivity index (χ1n) is 9.14. The molecule has 1 aromatic carbocycles. The molecule has 2 aliphatic rings. The number of anilines is 1. The topological polar surface area (TPSA) is 71.5 Å². The van der Waals surface area contributed by atoms with Crippen LogP contribution in [0, 0.1) is 0 Å². The summed E-state index contributed by atoms with van der Waals surface area (Å²) in [6, 6.07) is 4.83. The van der Waals surface area contributed by atoms with E-state index in [9.17, 15) is 22.8 Å². The molecule has 0 radical (unpaired) electrons. The van der Waals surface area contributed by atoms with Crippen LogP contribution in [-0.2, 0) is 22.6 Å². The van der Waals surface area contributed by atoms with Crippen LogP contribution < -0.4 is 10.2 Å². The summed E-state index contributed by atoms with van der Waals surface area (Å²) in [7, 11) is 1.62. The van der Waals surface area contributed by atoms with Crippen LogP contribution in [-0.4, -0.2) is 30.2 Å². The van der Waals surface area contributed by atoms with Crippen molar-refractivity contribution in [1.29, 1.82) is 0 Å². The first-order valence-corrected chi connectivity index (χ1v) is 9.14. The predicted molar refractivity (Wildman–Crippen MR) is 98.1 cm³/mol. The molecule has 0 spiro atoms. The highest BCUT2D eigenvalue weighted by Gasteiger charge is 2.40. The van der Waals surface area contributed by atoms with Crippen molar-refractivity contribution in [1.82, 2.24) is 10.3 Å². The molecule has 1 aliphatic heterocycles. The fourth-order valence-electron chi connectivity index (χ4n) is 3.89. The molecule has 4 rings (SSSR count). The maximum atomic E-state index is 12.7. The number of ether oxygens (including phenoxy) is 1. The summed E-state index contributed by atoms with van der Waals surface area (Å²) in [5.41, 5.74) is 4.70. The molecule has 152 valence electrons. The maximum Gasteiger partial charge on any atom is 0.471 e. The molecule has 1 aliphatic carbocycles. The van der Waals surface area contributed by atoms with Crippen molar-refractivity contribution in [3.05, 3.63) is 47.3 Å². The number of aromatic nitrogens is 1. The van der Waals surface area contributed by atoms with Gasteiger partial charge in [-0.15, -0.1) is 0 Å². The highest BCUT2D eigenvalue weighted by atomic mass is 19.4.